The summed E-state index contributed by atoms with van der Waals surface area (Å²) in [5.74, 6) is 0.485. The van der Waals surface area contributed by atoms with Crippen LogP contribution in [0.2, 0.25) is 0 Å². The molecule has 2 heterocycles. The number of urea groups is 1. The average molecular weight is 373 g/mol. The van der Waals surface area contributed by atoms with Crippen molar-refractivity contribution in [2.75, 3.05) is 46.1 Å². The van der Waals surface area contributed by atoms with Crippen molar-refractivity contribution in [3.05, 3.63) is 35.4 Å². The Morgan fingerprint density at radius 3 is 2.81 bits per heavy atom. The maximum absolute atomic E-state index is 12.6. The van der Waals surface area contributed by atoms with Crippen molar-refractivity contribution in [2.24, 2.45) is 5.92 Å². The first-order valence-electron chi connectivity index (χ1n) is 10.3. The van der Waals surface area contributed by atoms with Gasteiger partial charge in [-0.05, 0) is 36.8 Å². The molecule has 0 radical (unpaired) electrons. The van der Waals surface area contributed by atoms with E-state index < -0.39 is 0 Å². The molecule has 6 heteroatoms. The SMILES string of the molecule is O=C(NCC(C1CCOC1)N1CCOCC1)NC1CCCc2ccccc21. The molecule has 2 aliphatic heterocycles. The monoisotopic (exact) mass is 373 g/mol. The summed E-state index contributed by atoms with van der Waals surface area (Å²) in [7, 11) is 0. The summed E-state index contributed by atoms with van der Waals surface area (Å²) < 4.78 is 11.1. The molecule has 2 amide bonds. The molecule has 1 aromatic rings. The number of hydrogen-bond donors (Lipinski definition) is 2. The van der Waals surface area contributed by atoms with Gasteiger partial charge in [0.1, 0.15) is 0 Å². The third-order valence-electron chi connectivity index (χ3n) is 6.17. The van der Waals surface area contributed by atoms with Crippen LogP contribution in [0.15, 0.2) is 24.3 Å². The normalized spacial score (nSPS) is 27.0. The molecule has 1 aromatic carbocycles. The standard InChI is InChI=1S/C21H31N3O3/c25-21(23-19-7-3-5-16-4-1-2-6-18(16)19)22-14-20(17-8-11-27-15-17)24-9-12-26-13-10-24/h1-2,4,6,17,19-20H,3,5,7-15H2,(H2,22,23,25). The van der Waals surface area contributed by atoms with Crippen LogP contribution in [-0.2, 0) is 15.9 Å². The van der Waals surface area contributed by atoms with Crippen molar-refractivity contribution < 1.29 is 14.3 Å². The van der Waals surface area contributed by atoms with Crippen LogP contribution in [0.4, 0.5) is 4.79 Å². The number of nitrogens with one attached hydrogen (secondary N) is 2. The van der Waals surface area contributed by atoms with E-state index in [2.05, 4.69) is 39.8 Å². The fourth-order valence-corrected chi connectivity index (χ4v) is 4.67. The molecule has 0 spiro atoms. The number of ether oxygens (including phenoxy) is 2. The molecule has 1 aliphatic carbocycles. The van der Waals surface area contributed by atoms with Crippen molar-refractivity contribution >= 4 is 6.03 Å². The average Bonchev–Trinajstić information content (AvgIpc) is 3.24. The van der Waals surface area contributed by atoms with Crippen LogP contribution in [0.1, 0.15) is 36.4 Å². The van der Waals surface area contributed by atoms with E-state index in [1.54, 1.807) is 0 Å². The molecule has 3 aliphatic rings. The van der Waals surface area contributed by atoms with Gasteiger partial charge in [-0.15, -0.1) is 0 Å². The number of morpholine rings is 1. The highest BCUT2D eigenvalue weighted by Gasteiger charge is 2.32. The van der Waals surface area contributed by atoms with Crippen LogP contribution in [0.5, 0.6) is 0 Å². The molecule has 2 N–H and O–H groups in total. The molecule has 27 heavy (non-hydrogen) atoms. The number of nitrogens with zero attached hydrogens (tertiary/aromatic N) is 1. The summed E-state index contributed by atoms with van der Waals surface area (Å²) in [4.78, 5) is 15.1. The van der Waals surface area contributed by atoms with Gasteiger partial charge < -0.3 is 20.1 Å². The Labute approximate surface area is 161 Å². The molecule has 0 saturated carbocycles. The van der Waals surface area contributed by atoms with Gasteiger partial charge in [-0.2, -0.15) is 0 Å². The number of aryl methyl sites for hydroxylation is 1. The second-order valence-corrected chi connectivity index (χ2v) is 7.84. The van der Waals surface area contributed by atoms with Gasteiger partial charge in [0, 0.05) is 38.2 Å². The number of fused-ring (bicyclic) bond motifs is 1. The van der Waals surface area contributed by atoms with Gasteiger partial charge in [-0.3, -0.25) is 4.90 Å². The van der Waals surface area contributed by atoms with Crippen molar-refractivity contribution in [3.8, 4) is 0 Å². The minimum Gasteiger partial charge on any atom is -0.381 e. The fraction of sp³-hybridized carbons (Fsp3) is 0.667. The fourth-order valence-electron chi connectivity index (χ4n) is 4.67. The Morgan fingerprint density at radius 1 is 1.15 bits per heavy atom. The van der Waals surface area contributed by atoms with Crippen LogP contribution >= 0.6 is 0 Å². The Morgan fingerprint density at radius 2 is 2.00 bits per heavy atom. The van der Waals surface area contributed by atoms with E-state index in [0.717, 1.165) is 65.2 Å². The number of carbonyl (C=O) groups excluding carboxylic acids is 1. The lowest BCUT2D eigenvalue weighted by Gasteiger charge is -2.37. The van der Waals surface area contributed by atoms with Gasteiger partial charge in [0.05, 0.1) is 25.9 Å². The van der Waals surface area contributed by atoms with Gasteiger partial charge in [-0.1, -0.05) is 24.3 Å². The first-order valence-corrected chi connectivity index (χ1v) is 10.3. The van der Waals surface area contributed by atoms with Crippen LogP contribution in [-0.4, -0.2) is 63.0 Å². The molecule has 6 nitrogen and oxygen atoms in total. The zero-order valence-corrected chi connectivity index (χ0v) is 16.0. The first kappa shape index (κ1) is 18.7. The van der Waals surface area contributed by atoms with Crippen LogP contribution in [0.25, 0.3) is 0 Å². The van der Waals surface area contributed by atoms with Crippen LogP contribution in [0.3, 0.4) is 0 Å². The molecule has 148 valence electrons. The molecule has 3 atom stereocenters. The number of hydrogen-bond acceptors (Lipinski definition) is 4. The van der Waals surface area contributed by atoms with Gasteiger partial charge >= 0.3 is 6.03 Å². The topological polar surface area (TPSA) is 62.8 Å². The van der Waals surface area contributed by atoms with E-state index in [9.17, 15) is 4.79 Å². The minimum atomic E-state index is -0.0612. The molecule has 2 fully saturated rings. The third kappa shape index (κ3) is 4.62. The summed E-state index contributed by atoms with van der Waals surface area (Å²) in [6.07, 6.45) is 4.31. The lowest BCUT2D eigenvalue weighted by molar-refractivity contribution is 0.00210. The molecular weight excluding hydrogens is 342 g/mol. The number of amides is 2. The van der Waals surface area contributed by atoms with Crippen molar-refractivity contribution in [3.63, 3.8) is 0 Å². The summed E-state index contributed by atoms with van der Waals surface area (Å²) >= 11 is 0. The Balaban J connectivity index is 1.34. The van der Waals surface area contributed by atoms with Crippen molar-refractivity contribution in [1.29, 1.82) is 0 Å². The second-order valence-electron chi connectivity index (χ2n) is 7.84. The summed E-state index contributed by atoms with van der Waals surface area (Å²) in [5.41, 5.74) is 2.64. The second kappa shape index (κ2) is 9.04. The number of benzene rings is 1. The van der Waals surface area contributed by atoms with Gasteiger partial charge in [0.25, 0.3) is 0 Å². The molecule has 0 bridgehead atoms. The molecule has 4 rings (SSSR count). The van der Waals surface area contributed by atoms with Gasteiger partial charge in [0.15, 0.2) is 0 Å². The Hall–Kier alpha value is -1.63. The summed E-state index contributed by atoms with van der Waals surface area (Å²) in [5, 5.41) is 6.35. The lowest BCUT2D eigenvalue weighted by atomic mass is 9.88. The number of rotatable bonds is 5. The van der Waals surface area contributed by atoms with E-state index in [4.69, 9.17) is 9.47 Å². The quantitative estimate of drug-likeness (QED) is 0.830. The predicted molar refractivity (Wildman–Crippen MR) is 104 cm³/mol. The van der Waals surface area contributed by atoms with E-state index in [1.807, 2.05) is 0 Å². The van der Waals surface area contributed by atoms with Crippen LogP contribution in [0, 0.1) is 5.92 Å². The highest BCUT2D eigenvalue weighted by atomic mass is 16.5. The Kier molecular flexibility index (Phi) is 6.27. The number of carbonyl (C=O) groups is 1. The largest absolute Gasteiger partial charge is 0.381 e. The molecule has 2 saturated heterocycles. The molecular formula is C21H31N3O3. The van der Waals surface area contributed by atoms with Crippen LogP contribution < -0.4 is 10.6 Å². The molecule has 3 unspecified atom stereocenters. The lowest BCUT2D eigenvalue weighted by Crippen LogP contribution is -2.53. The zero-order valence-electron chi connectivity index (χ0n) is 16.0. The van der Waals surface area contributed by atoms with E-state index >= 15 is 0 Å². The minimum absolute atomic E-state index is 0.0612. The van der Waals surface area contributed by atoms with Crippen molar-refractivity contribution in [1.82, 2.24) is 15.5 Å². The maximum Gasteiger partial charge on any atom is 0.315 e. The maximum atomic E-state index is 12.6. The van der Waals surface area contributed by atoms with Crippen molar-refractivity contribution in [2.45, 2.75) is 37.8 Å². The highest BCUT2D eigenvalue weighted by Crippen LogP contribution is 2.29. The summed E-state index contributed by atoms with van der Waals surface area (Å²) in [6, 6.07) is 8.84. The Bertz CT molecular complexity index is 627. The van der Waals surface area contributed by atoms with E-state index in [-0.39, 0.29) is 12.1 Å². The highest BCUT2D eigenvalue weighted by molar-refractivity contribution is 5.74. The smallest absolute Gasteiger partial charge is 0.315 e. The molecule has 0 aromatic heterocycles. The van der Waals surface area contributed by atoms with E-state index in [0.29, 0.717) is 18.5 Å². The van der Waals surface area contributed by atoms with E-state index in [1.165, 1.54) is 11.1 Å². The zero-order chi connectivity index (χ0) is 18.5. The first-order chi connectivity index (χ1) is 13.3. The van der Waals surface area contributed by atoms with Gasteiger partial charge in [-0.25, -0.2) is 4.79 Å². The predicted octanol–water partition coefficient (Wildman–Crippen LogP) is 2.10. The van der Waals surface area contributed by atoms with Gasteiger partial charge in [0.2, 0.25) is 0 Å². The third-order valence-corrected chi connectivity index (χ3v) is 6.17. The summed E-state index contributed by atoms with van der Waals surface area (Å²) in [6.45, 7) is 5.69.